The Morgan fingerprint density at radius 3 is 2.09 bits per heavy atom. The third-order valence-electron chi connectivity index (χ3n) is 3.28. The van der Waals surface area contributed by atoms with Crippen LogP contribution in [0.3, 0.4) is 0 Å². The van der Waals surface area contributed by atoms with Crippen LogP contribution in [0, 0.1) is 0 Å². The van der Waals surface area contributed by atoms with E-state index in [2.05, 4.69) is 28.1 Å². The molecule has 1 aliphatic rings. The highest BCUT2D eigenvalue weighted by Crippen LogP contribution is 2.28. The van der Waals surface area contributed by atoms with Crippen LogP contribution >= 0.6 is 11.6 Å². The number of epoxide rings is 1. The summed E-state index contributed by atoms with van der Waals surface area (Å²) in [5.74, 6) is 0. The fraction of sp³-hybridized carbons (Fsp3) is 0.600. The lowest BCUT2D eigenvalue weighted by molar-refractivity contribution is -0.870. The lowest BCUT2D eigenvalue weighted by atomic mass is 10.2. The normalized spacial score (nSPS) is 21.0. The topological polar surface area (TPSA) is 69.7 Å². The van der Waals surface area contributed by atoms with Crippen LogP contribution in [-0.2, 0) is 14.9 Å². The third kappa shape index (κ3) is 7.56. The number of nitrogens with zero attached hydrogens (tertiary/aromatic N) is 1. The molecule has 22 heavy (non-hydrogen) atoms. The molecule has 5 nitrogen and oxygen atoms in total. The molecule has 7 heteroatoms. The maximum absolute atomic E-state index is 10.3. The molecule has 1 aromatic carbocycles. The van der Waals surface area contributed by atoms with E-state index in [4.69, 9.17) is 16.3 Å². The van der Waals surface area contributed by atoms with E-state index in [1.54, 1.807) is 0 Å². The van der Waals surface area contributed by atoms with Crippen LogP contribution in [-0.4, -0.2) is 57.3 Å². The van der Waals surface area contributed by atoms with E-state index in [-0.39, 0.29) is 4.90 Å². The summed E-state index contributed by atoms with van der Waals surface area (Å²) < 4.78 is 37.5. The van der Waals surface area contributed by atoms with Crippen molar-refractivity contribution in [1.82, 2.24) is 0 Å². The summed E-state index contributed by atoms with van der Waals surface area (Å²) in [6.07, 6.45) is 3.57. The Morgan fingerprint density at radius 2 is 1.73 bits per heavy atom. The monoisotopic (exact) mass is 349 g/mol. The van der Waals surface area contributed by atoms with Gasteiger partial charge in [0, 0.05) is 11.4 Å². The standard InChI is InChI=1S/C9H20NO.C6H5ClO3S/c1-5-8-9(11-8)6-7-10(2,3)4;7-5-1-3-6(4-2-5)11(8,9)10/h8-9H,5-7H2,1-4H3;1-4H,(H,8,9,10)/q+1;/p-1/t8-,9+;/m1./s1. The molecule has 0 aromatic heterocycles. The highest BCUT2D eigenvalue weighted by atomic mass is 35.5. The van der Waals surface area contributed by atoms with Crippen molar-refractivity contribution in [3.63, 3.8) is 0 Å². The van der Waals surface area contributed by atoms with Gasteiger partial charge in [-0.3, -0.25) is 0 Å². The van der Waals surface area contributed by atoms with Crippen molar-refractivity contribution < 1.29 is 22.2 Å². The first-order valence-electron chi connectivity index (χ1n) is 7.20. The summed E-state index contributed by atoms with van der Waals surface area (Å²) >= 11 is 5.46. The zero-order valence-electron chi connectivity index (χ0n) is 13.5. The first-order chi connectivity index (χ1) is 10.0. The molecule has 0 N–H and O–H groups in total. The van der Waals surface area contributed by atoms with E-state index in [9.17, 15) is 13.0 Å². The molecule has 1 saturated heterocycles. The van der Waals surface area contributed by atoms with Gasteiger partial charge in [0.2, 0.25) is 0 Å². The van der Waals surface area contributed by atoms with Gasteiger partial charge in [-0.05, 0) is 30.7 Å². The maximum Gasteiger partial charge on any atom is 0.124 e. The molecule has 0 spiro atoms. The lowest BCUT2D eigenvalue weighted by Gasteiger charge is -2.23. The third-order valence-corrected chi connectivity index (χ3v) is 4.38. The van der Waals surface area contributed by atoms with Crippen LogP contribution < -0.4 is 0 Å². The first kappa shape index (κ1) is 19.4. The zero-order valence-corrected chi connectivity index (χ0v) is 15.0. The Labute approximate surface area is 138 Å². The molecule has 0 unspecified atom stereocenters. The Kier molecular flexibility index (Phi) is 6.83. The predicted octanol–water partition coefficient (Wildman–Crippen LogP) is 2.50. The number of quaternary nitrogens is 1. The Morgan fingerprint density at radius 1 is 1.18 bits per heavy atom. The smallest absolute Gasteiger partial charge is 0.124 e. The fourth-order valence-corrected chi connectivity index (χ4v) is 2.50. The van der Waals surface area contributed by atoms with Crippen molar-refractivity contribution in [2.24, 2.45) is 0 Å². The van der Waals surface area contributed by atoms with Crippen LogP contribution in [0.15, 0.2) is 29.2 Å². The number of hydrogen-bond acceptors (Lipinski definition) is 4. The second-order valence-corrected chi connectivity index (χ2v) is 8.15. The second-order valence-electron chi connectivity index (χ2n) is 6.33. The molecule has 1 aliphatic heterocycles. The molecule has 1 heterocycles. The van der Waals surface area contributed by atoms with Crippen LogP contribution in [0.1, 0.15) is 19.8 Å². The average Bonchev–Trinajstić information content (AvgIpc) is 3.14. The number of hydrogen-bond donors (Lipinski definition) is 0. The molecule has 2 atom stereocenters. The van der Waals surface area contributed by atoms with Crippen LogP contribution in [0.4, 0.5) is 0 Å². The largest absolute Gasteiger partial charge is 0.744 e. The first-order valence-corrected chi connectivity index (χ1v) is 8.99. The van der Waals surface area contributed by atoms with Crippen molar-refractivity contribution in [3.05, 3.63) is 29.3 Å². The van der Waals surface area contributed by atoms with Gasteiger partial charge in [-0.1, -0.05) is 18.5 Å². The van der Waals surface area contributed by atoms with E-state index in [0.717, 1.165) is 4.48 Å². The van der Waals surface area contributed by atoms with Crippen LogP contribution in [0.2, 0.25) is 5.02 Å². The summed E-state index contributed by atoms with van der Waals surface area (Å²) in [5, 5.41) is 0.400. The molecule has 0 aliphatic carbocycles. The quantitative estimate of drug-likeness (QED) is 0.465. The van der Waals surface area contributed by atoms with Gasteiger partial charge in [0.05, 0.1) is 44.8 Å². The Bertz CT molecular complexity index is 566. The summed E-state index contributed by atoms with van der Waals surface area (Å²) in [6.45, 7) is 3.41. The van der Waals surface area contributed by atoms with Gasteiger partial charge in [-0.25, -0.2) is 8.42 Å². The number of halogens is 1. The fourth-order valence-electron chi connectivity index (χ4n) is 1.91. The van der Waals surface area contributed by atoms with Crippen molar-refractivity contribution in [1.29, 1.82) is 0 Å². The van der Waals surface area contributed by atoms with E-state index in [0.29, 0.717) is 17.2 Å². The van der Waals surface area contributed by atoms with E-state index >= 15 is 0 Å². The minimum absolute atomic E-state index is 0.262. The van der Waals surface area contributed by atoms with E-state index in [1.165, 1.54) is 43.7 Å². The summed E-state index contributed by atoms with van der Waals surface area (Å²) in [6, 6.07) is 5.05. The molecule has 2 rings (SSSR count). The van der Waals surface area contributed by atoms with Gasteiger partial charge in [0.1, 0.15) is 10.1 Å². The molecule has 0 amide bonds. The Hall–Kier alpha value is -0.660. The van der Waals surface area contributed by atoms with Crippen LogP contribution in [0.5, 0.6) is 0 Å². The molecular weight excluding hydrogens is 326 g/mol. The summed E-state index contributed by atoms with van der Waals surface area (Å²) in [4.78, 5) is -0.262. The second kappa shape index (κ2) is 7.75. The highest BCUT2D eigenvalue weighted by Gasteiger charge is 2.37. The van der Waals surface area contributed by atoms with Crippen molar-refractivity contribution in [2.45, 2.75) is 36.9 Å². The molecule has 0 radical (unpaired) electrons. The average molecular weight is 350 g/mol. The van der Waals surface area contributed by atoms with Gasteiger partial charge < -0.3 is 13.8 Å². The van der Waals surface area contributed by atoms with Gasteiger partial charge in [-0.2, -0.15) is 0 Å². The maximum atomic E-state index is 10.3. The van der Waals surface area contributed by atoms with Crippen molar-refractivity contribution in [3.8, 4) is 0 Å². The van der Waals surface area contributed by atoms with Gasteiger partial charge >= 0.3 is 0 Å². The molecule has 0 saturated carbocycles. The summed E-state index contributed by atoms with van der Waals surface area (Å²) in [7, 11) is 2.35. The minimum Gasteiger partial charge on any atom is -0.744 e. The molecular formula is C15H24ClNO4S. The van der Waals surface area contributed by atoms with Gasteiger partial charge in [0.15, 0.2) is 0 Å². The number of rotatable bonds is 5. The Balaban J connectivity index is 0.000000220. The predicted molar refractivity (Wildman–Crippen MR) is 85.9 cm³/mol. The molecule has 1 aromatic rings. The number of ether oxygens (including phenoxy) is 1. The molecule has 0 bridgehead atoms. The highest BCUT2D eigenvalue weighted by molar-refractivity contribution is 7.85. The van der Waals surface area contributed by atoms with Gasteiger partial charge in [-0.15, -0.1) is 0 Å². The zero-order chi connectivity index (χ0) is 17.0. The summed E-state index contributed by atoms with van der Waals surface area (Å²) in [5.41, 5.74) is 0. The van der Waals surface area contributed by atoms with Crippen molar-refractivity contribution in [2.75, 3.05) is 27.7 Å². The van der Waals surface area contributed by atoms with Crippen LogP contribution in [0.25, 0.3) is 0 Å². The number of benzene rings is 1. The lowest BCUT2D eigenvalue weighted by Crippen LogP contribution is -2.36. The van der Waals surface area contributed by atoms with Gasteiger partial charge in [0.25, 0.3) is 0 Å². The van der Waals surface area contributed by atoms with Crippen molar-refractivity contribution >= 4 is 21.7 Å². The molecule has 126 valence electrons. The van der Waals surface area contributed by atoms with E-state index < -0.39 is 10.1 Å². The van der Waals surface area contributed by atoms with E-state index in [1.807, 2.05) is 0 Å². The molecule has 1 fully saturated rings. The SMILES string of the molecule is CC[C@H]1O[C@H]1CC[N+](C)(C)C.O=S(=O)([O-])c1ccc(Cl)cc1. The minimum atomic E-state index is -4.33.